The van der Waals surface area contributed by atoms with Gasteiger partial charge in [0.05, 0.1) is 13.3 Å². The molecule has 148 valence electrons. The maximum Gasteiger partial charge on any atom is 0.247 e. The summed E-state index contributed by atoms with van der Waals surface area (Å²) in [6, 6.07) is 10.9. The summed E-state index contributed by atoms with van der Waals surface area (Å²) in [6.45, 7) is 3.39. The van der Waals surface area contributed by atoms with Gasteiger partial charge in [-0.25, -0.2) is 13.8 Å². The molecule has 9 heteroatoms. The van der Waals surface area contributed by atoms with Crippen molar-refractivity contribution >= 4 is 34.7 Å². The summed E-state index contributed by atoms with van der Waals surface area (Å²) in [4.78, 5) is 19.3. The van der Waals surface area contributed by atoms with E-state index in [4.69, 9.17) is 4.74 Å². The van der Waals surface area contributed by atoms with Crippen LogP contribution in [0.5, 0.6) is 5.75 Å². The first kappa shape index (κ1) is 19.7. The van der Waals surface area contributed by atoms with Crippen LogP contribution in [0.3, 0.4) is 0 Å². The number of anilines is 5. The molecule has 0 saturated carbocycles. The molecular weight excluding hydrogens is 380 g/mol. The molecule has 1 heterocycles. The van der Waals surface area contributed by atoms with Crippen molar-refractivity contribution in [2.24, 2.45) is 0 Å². The van der Waals surface area contributed by atoms with Crippen molar-refractivity contribution < 1.29 is 18.3 Å². The van der Waals surface area contributed by atoms with Crippen LogP contribution >= 0.6 is 0 Å². The Morgan fingerprint density at radius 1 is 1.07 bits per heavy atom. The second-order valence-corrected chi connectivity index (χ2v) is 5.76. The Balaban J connectivity index is 1.79. The third-order valence-electron chi connectivity index (χ3n) is 3.73. The van der Waals surface area contributed by atoms with Crippen molar-refractivity contribution in [3.05, 3.63) is 73.0 Å². The molecule has 0 bridgehead atoms. The zero-order chi connectivity index (χ0) is 20.8. The van der Waals surface area contributed by atoms with Crippen LogP contribution in [0.1, 0.15) is 0 Å². The van der Waals surface area contributed by atoms with Gasteiger partial charge in [-0.2, -0.15) is 4.98 Å². The number of methoxy groups -OCH3 is 1. The van der Waals surface area contributed by atoms with E-state index in [1.54, 1.807) is 30.3 Å². The number of ether oxygens (including phenoxy) is 1. The molecule has 0 aliphatic rings. The summed E-state index contributed by atoms with van der Waals surface area (Å²) < 4.78 is 32.8. The number of nitrogens with zero attached hydrogens (tertiary/aromatic N) is 2. The van der Waals surface area contributed by atoms with Crippen molar-refractivity contribution in [3.63, 3.8) is 0 Å². The van der Waals surface area contributed by atoms with E-state index in [-0.39, 0.29) is 23.4 Å². The highest BCUT2D eigenvalue weighted by molar-refractivity contribution is 5.99. The number of hydrogen-bond donors (Lipinski definition) is 3. The first-order valence-corrected chi connectivity index (χ1v) is 8.42. The molecule has 0 spiro atoms. The molecular formula is C20H17F2N5O2. The predicted molar refractivity (Wildman–Crippen MR) is 107 cm³/mol. The van der Waals surface area contributed by atoms with Gasteiger partial charge in [0.2, 0.25) is 11.9 Å². The van der Waals surface area contributed by atoms with Gasteiger partial charge < -0.3 is 20.7 Å². The van der Waals surface area contributed by atoms with Crippen LogP contribution in [0, 0.1) is 11.6 Å². The molecule has 0 aliphatic heterocycles. The fraction of sp³-hybridized carbons (Fsp3) is 0.0500. The second-order valence-electron chi connectivity index (χ2n) is 5.76. The number of nitrogens with one attached hydrogen (secondary N) is 3. The lowest BCUT2D eigenvalue weighted by atomic mass is 10.2. The highest BCUT2D eigenvalue weighted by Crippen LogP contribution is 2.25. The summed E-state index contributed by atoms with van der Waals surface area (Å²) in [6.07, 6.45) is 2.13. The first-order valence-electron chi connectivity index (χ1n) is 8.42. The third-order valence-corrected chi connectivity index (χ3v) is 3.73. The number of hydrogen-bond acceptors (Lipinski definition) is 6. The average molecular weight is 397 g/mol. The van der Waals surface area contributed by atoms with Gasteiger partial charge in [-0.15, -0.1) is 0 Å². The number of carbonyl (C=O) groups is 1. The third kappa shape index (κ3) is 5.04. The largest absolute Gasteiger partial charge is 0.494 e. The molecule has 3 rings (SSSR count). The molecule has 3 N–H and O–H groups in total. The van der Waals surface area contributed by atoms with E-state index >= 15 is 0 Å². The molecule has 0 saturated heterocycles. The van der Waals surface area contributed by atoms with E-state index in [0.717, 1.165) is 12.3 Å². The first-order chi connectivity index (χ1) is 14.0. The van der Waals surface area contributed by atoms with Crippen LogP contribution in [-0.4, -0.2) is 23.0 Å². The molecule has 0 atom stereocenters. The van der Waals surface area contributed by atoms with E-state index in [2.05, 4.69) is 32.5 Å². The van der Waals surface area contributed by atoms with Crippen LogP contribution in [0.25, 0.3) is 0 Å². The van der Waals surface area contributed by atoms with Crippen molar-refractivity contribution in [3.8, 4) is 5.75 Å². The van der Waals surface area contributed by atoms with Crippen molar-refractivity contribution in [2.45, 2.75) is 0 Å². The van der Waals surface area contributed by atoms with Crippen LogP contribution in [0.2, 0.25) is 0 Å². The Morgan fingerprint density at radius 3 is 2.55 bits per heavy atom. The zero-order valence-corrected chi connectivity index (χ0v) is 15.4. The summed E-state index contributed by atoms with van der Waals surface area (Å²) in [5, 5.41) is 8.23. The monoisotopic (exact) mass is 397 g/mol. The molecule has 0 radical (unpaired) electrons. The lowest BCUT2D eigenvalue weighted by Gasteiger charge is -2.11. The van der Waals surface area contributed by atoms with Gasteiger partial charge in [0.1, 0.15) is 0 Å². The predicted octanol–water partition coefficient (Wildman–Crippen LogP) is 4.38. The lowest BCUT2D eigenvalue weighted by molar-refractivity contribution is -0.111. The van der Waals surface area contributed by atoms with Gasteiger partial charge in [-0.05, 0) is 36.4 Å². The average Bonchev–Trinajstić information content (AvgIpc) is 2.71. The number of amides is 1. The Hall–Kier alpha value is -4.01. The molecule has 29 heavy (non-hydrogen) atoms. The van der Waals surface area contributed by atoms with Gasteiger partial charge in [0.15, 0.2) is 23.2 Å². The lowest BCUT2D eigenvalue weighted by Crippen LogP contribution is -2.07. The normalized spacial score (nSPS) is 10.2. The molecule has 7 nitrogen and oxygen atoms in total. The van der Waals surface area contributed by atoms with E-state index in [9.17, 15) is 13.6 Å². The van der Waals surface area contributed by atoms with Crippen LogP contribution in [-0.2, 0) is 4.79 Å². The van der Waals surface area contributed by atoms with E-state index < -0.39 is 11.6 Å². The van der Waals surface area contributed by atoms with Crippen molar-refractivity contribution in [1.82, 2.24) is 9.97 Å². The number of halogens is 2. The Kier molecular flexibility index (Phi) is 5.98. The molecule has 3 aromatic rings. The quantitative estimate of drug-likeness (QED) is 0.513. The van der Waals surface area contributed by atoms with E-state index in [1.807, 2.05) is 0 Å². The van der Waals surface area contributed by atoms with Gasteiger partial charge in [0.25, 0.3) is 0 Å². The Morgan fingerprint density at radius 2 is 1.83 bits per heavy atom. The number of benzene rings is 2. The van der Waals surface area contributed by atoms with E-state index in [1.165, 1.54) is 19.2 Å². The summed E-state index contributed by atoms with van der Waals surface area (Å²) in [5.41, 5.74) is 1.36. The molecule has 0 fully saturated rings. The highest BCUT2D eigenvalue weighted by Gasteiger charge is 2.10. The van der Waals surface area contributed by atoms with Gasteiger partial charge in [0, 0.05) is 23.1 Å². The number of rotatable bonds is 7. The minimum Gasteiger partial charge on any atom is -0.494 e. The summed E-state index contributed by atoms with van der Waals surface area (Å²) >= 11 is 0. The molecule has 0 aliphatic carbocycles. The Labute approximate surface area is 165 Å². The fourth-order valence-electron chi connectivity index (χ4n) is 2.39. The molecule has 2 aromatic carbocycles. The van der Waals surface area contributed by atoms with Crippen LogP contribution in [0.4, 0.5) is 37.6 Å². The highest BCUT2D eigenvalue weighted by atomic mass is 19.1. The van der Waals surface area contributed by atoms with Crippen LogP contribution < -0.4 is 20.7 Å². The van der Waals surface area contributed by atoms with Crippen LogP contribution in [0.15, 0.2) is 61.3 Å². The second kappa shape index (κ2) is 8.79. The van der Waals surface area contributed by atoms with Gasteiger partial charge in [-0.1, -0.05) is 12.6 Å². The number of aromatic nitrogens is 2. The standard InChI is InChI=1S/C20H17F2N5O2/c1-3-18(28)24-12-5-4-6-13(9-12)25-19-16(22)11-23-20(27-19)26-14-7-8-17(29-2)15(21)10-14/h3-11H,1H2,2H3,(H,24,28)(H2,23,25,26,27). The van der Waals surface area contributed by atoms with E-state index in [0.29, 0.717) is 17.1 Å². The minimum absolute atomic E-state index is 0.0644. The summed E-state index contributed by atoms with van der Waals surface area (Å²) in [7, 11) is 1.37. The van der Waals surface area contributed by atoms with Gasteiger partial charge >= 0.3 is 0 Å². The number of carbonyl (C=O) groups excluding carboxylic acids is 1. The van der Waals surface area contributed by atoms with Crippen molar-refractivity contribution in [2.75, 3.05) is 23.1 Å². The zero-order valence-electron chi connectivity index (χ0n) is 15.4. The Bertz CT molecular complexity index is 1060. The molecule has 0 unspecified atom stereocenters. The molecule has 1 amide bonds. The van der Waals surface area contributed by atoms with Crippen molar-refractivity contribution in [1.29, 1.82) is 0 Å². The van der Waals surface area contributed by atoms with Gasteiger partial charge in [-0.3, -0.25) is 4.79 Å². The molecule has 1 aromatic heterocycles. The SMILES string of the molecule is C=CC(=O)Nc1cccc(Nc2nc(Nc3ccc(OC)c(F)c3)ncc2F)c1. The minimum atomic E-state index is -0.683. The summed E-state index contributed by atoms with van der Waals surface area (Å²) in [5.74, 6) is -1.54. The topological polar surface area (TPSA) is 88.2 Å². The maximum absolute atomic E-state index is 14.1. The fourth-order valence-corrected chi connectivity index (χ4v) is 2.39. The smallest absolute Gasteiger partial charge is 0.247 e. The maximum atomic E-state index is 14.1.